The van der Waals surface area contributed by atoms with Gasteiger partial charge in [0.1, 0.15) is 0 Å². The van der Waals surface area contributed by atoms with Gasteiger partial charge in [0.05, 0.1) is 5.52 Å². The highest BCUT2D eigenvalue weighted by molar-refractivity contribution is 6.02. The minimum Gasteiger partial charge on any atom is -0.349 e. The number of nitrogens with zero attached hydrogens (tertiary/aromatic N) is 1. The van der Waals surface area contributed by atoms with Crippen molar-refractivity contribution in [2.45, 2.75) is 64.8 Å². The SMILES string of the molecule is CCCC(=O)c1cnc2ccc(-c3ccc(C(=O)NC4CCC(C)CC4)cc3)cc2c1Cc1ccccc1. The van der Waals surface area contributed by atoms with Gasteiger partial charge in [-0.3, -0.25) is 14.6 Å². The van der Waals surface area contributed by atoms with E-state index in [9.17, 15) is 9.59 Å². The smallest absolute Gasteiger partial charge is 0.251 e. The Kier molecular flexibility index (Phi) is 7.97. The molecule has 1 aliphatic rings. The van der Waals surface area contributed by atoms with Crippen LogP contribution in [-0.4, -0.2) is 22.7 Å². The van der Waals surface area contributed by atoms with Crippen molar-refractivity contribution in [2.75, 3.05) is 0 Å². The molecule has 0 unspecified atom stereocenters. The molecule has 1 N–H and O–H groups in total. The Morgan fingerprint density at radius 3 is 2.32 bits per heavy atom. The standard InChI is InChI=1S/C34H36N2O2/c1-3-7-33(37)31-22-35-32-19-16-27(21-30(32)29(31)20-24-8-5-4-6-9-24)25-12-14-26(15-13-25)34(38)36-28-17-10-23(2)11-18-28/h4-6,8-9,12-16,19,21-23,28H,3,7,10-11,17-18,20H2,1-2H3,(H,36,38). The van der Waals surface area contributed by atoms with Crippen molar-refractivity contribution in [3.05, 3.63) is 101 Å². The Bertz CT molecular complexity index is 1420. The lowest BCUT2D eigenvalue weighted by Gasteiger charge is -2.26. The van der Waals surface area contributed by atoms with Crippen LogP contribution < -0.4 is 5.32 Å². The number of carbonyl (C=O) groups is 2. The normalized spacial score (nSPS) is 17.3. The predicted octanol–water partition coefficient (Wildman–Crippen LogP) is 7.78. The highest BCUT2D eigenvalue weighted by Crippen LogP contribution is 2.30. The fourth-order valence-corrected chi connectivity index (χ4v) is 5.51. The van der Waals surface area contributed by atoms with Crippen LogP contribution in [0, 0.1) is 5.92 Å². The van der Waals surface area contributed by atoms with E-state index < -0.39 is 0 Å². The minimum atomic E-state index is 0.00282. The Morgan fingerprint density at radius 1 is 0.895 bits per heavy atom. The van der Waals surface area contributed by atoms with E-state index >= 15 is 0 Å². The maximum absolute atomic E-state index is 13.0. The Hall–Kier alpha value is -3.79. The van der Waals surface area contributed by atoms with E-state index in [2.05, 4.69) is 41.5 Å². The van der Waals surface area contributed by atoms with Crippen LogP contribution in [0.4, 0.5) is 0 Å². The van der Waals surface area contributed by atoms with Crippen LogP contribution in [-0.2, 0) is 6.42 Å². The first-order valence-corrected chi connectivity index (χ1v) is 13.9. The zero-order chi connectivity index (χ0) is 26.5. The monoisotopic (exact) mass is 504 g/mol. The summed E-state index contributed by atoms with van der Waals surface area (Å²) in [6.07, 6.45) is 8.22. The number of carbonyl (C=O) groups excluding carboxylic acids is 2. The van der Waals surface area contributed by atoms with Crippen LogP contribution in [0.1, 0.15) is 84.2 Å². The Labute approximate surface area is 225 Å². The largest absolute Gasteiger partial charge is 0.349 e. The lowest BCUT2D eigenvalue weighted by Crippen LogP contribution is -2.37. The number of nitrogens with one attached hydrogen (secondary N) is 1. The first-order valence-electron chi connectivity index (χ1n) is 13.9. The summed E-state index contributed by atoms with van der Waals surface area (Å²) in [6, 6.07) is 24.6. The summed E-state index contributed by atoms with van der Waals surface area (Å²) in [6.45, 7) is 4.31. The second-order valence-corrected chi connectivity index (χ2v) is 10.7. The average Bonchev–Trinajstić information content (AvgIpc) is 2.95. The van der Waals surface area contributed by atoms with Gasteiger partial charge in [0.2, 0.25) is 0 Å². The van der Waals surface area contributed by atoms with E-state index in [-0.39, 0.29) is 17.7 Å². The van der Waals surface area contributed by atoms with Gasteiger partial charge >= 0.3 is 0 Å². The lowest BCUT2D eigenvalue weighted by molar-refractivity contribution is 0.0922. The number of amides is 1. The van der Waals surface area contributed by atoms with E-state index in [0.717, 1.165) is 52.8 Å². The van der Waals surface area contributed by atoms with E-state index in [1.807, 2.05) is 55.5 Å². The first kappa shape index (κ1) is 25.8. The molecule has 38 heavy (non-hydrogen) atoms. The van der Waals surface area contributed by atoms with Crippen LogP contribution in [0.25, 0.3) is 22.0 Å². The molecule has 1 fully saturated rings. The number of fused-ring (bicyclic) bond motifs is 1. The number of pyridine rings is 1. The maximum Gasteiger partial charge on any atom is 0.251 e. The molecule has 0 atom stereocenters. The van der Waals surface area contributed by atoms with Crippen molar-refractivity contribution in [3.63, 3.8) is 0 Å². The predicted molar refractivity (Wildman–Crippen MR) is 155 cm³/mol. The van der Waals surface area contributed by atoms with Gasteiger partial charge in [0.25, 0.3) is 5.91 Å². The summed E-state index contributed by atoms with van der Waals surface area (Å²) in [7, 11) is 0. The van der Waals surface area contributed by atoms with E-state index in [0.29, 0.717) is 24.0 Å². The first-order chi connectivity index (χ1) is 18.5. The van der Waals surface area contributed by atoms with Crippen LogP contribution >= 0.6 is 0 Å². The van der Waals surface area contributed by atoms with Gasteiger partial charge < -0.3 is 5.32 Å². The van der Waals surface area contributed by atoms with E-state index in [1.54, 1.807) is 6.20 Å². The molecule has 3 aromatic carbocycles. The molecule has 1 heterocycles. The number of ketones is 1. The molecular weight excluding hydrogens is 468 g/mol. The molecule has 5 rings (SSSR count). The fraction of sp³-hybridized carbons (Fsp3) is 0.324. The number of hydrogen-bond acceptors (Lipinski definition) is 3. The molecule has 0 saturated heterocycles. The highest BCUT2D eigenvalue weighted by Gasteiger charge is 2.20. The summed E-state index contributed by atoms with van der Waals surface area (Å²) < 4.78 is 0. The number of Topliss-reactive ketones (excluding diaryl/α,β-unsaturated/α-hetero) is 1. The number of aromatic nitrogens is 1. The number of hydrogen-bond donors (Lipinski definition) is 1. The molecule has 0 bridgehead atoms. The molecule has 0 aliphatic heterocycles. The quantitative estimate of drug-likeness (QED) is 0.249. The Balaban J connectivity index is 1.44. The summed E-state index contributed by atoms with van der Waals surface area (Å²) >= 11 is 0. The van der Waals surface area contributed by atoms with Crippen LogP contribution in [0.15, 0.2) is 79.0 Å². The zero-order valence-corrected chi connectivity index (χ0v) is 22.4. The van der Waals surface area contributed by atoms with Crippen LogP contribution in [0.2, 0.25) is 0 Å². The van der Waals surface area contributed by atoms with Crippen LogP contribution in [0.5, 0.6) is 0 Å². The molecule has 4 heteroatoms. The van der Waals surface area contributed by atoms with Gasteiger partial charge in [-0.05, 0) is 91.0 Å². The van der Waals surface area contributed by atoms with Gasteiger partial charge in [0.15, 0.2) is 5.78 Å². The molecule has 4 nitrogen and oxygen atoms in total. The molecule has 1 aliphatic carbocycles. The van der Waals surface area contributed by atoms with Crippen LogP contribution in [0.3, 0.4) is 0 Å². The lowest BCUT2D eigenvalue weighted by atomic mass is 9.87. The second-order valence-electron chi connectivity index (χ2n) is 10.7. The van der Waals surface area contributed by atoms with Gasteiger partial charge in [-0.25, -0.2) is 0 Å². The molecule has 1 saturated carbocycles. The molecule has 0 radical (unpaired) electrons. The molecule has 194 valence electrons. The zero-order valence-electron chi connectivity index (χ0n) is 22.4. The molecule has 4 aromatic rings. The van der Waals surface area contributed by atoms with Crippen molar-refractivity contribution < 1.29 is 9.59 Å². The minimum absolute atomic E-state index is 0.00282. The van der Waals surface area contributed by atoms with Crippen molar-refractivity contribution in [1.82, 2.24) is 10.3 Å². The van der Waals surface area contributed by atoms with Gasteiger partial charge in [-0.15, -0.1) is 0 Å². The van der Waals surface area contributed by atoms with Crippen molar-refractivity contribution in [2.24, 2.45) is 5.92 Å². The second kappa shape index (κ2) is 11.7. The third-order valence-electron chi connectivity index (χ3n) is 7.81. The molecule has 0 spiro atoms. The number of benzene rings is 3. The fourth-order valence-electron chi connectivity index (χ4n) is 5.51. The van der Waals surface area contributed by atoms with Crippen molar-refractivity contribution in [3.8, 4) is 11.1 Å². The van der Waals surface area contributed by atoms with Crippen molar-refractivity contribution >= 4 is 22.6 Å². The maximum atomic E-state index is 13.0. The van der Waals surface area contributed by atoms with E-state index in [4.69, 9.17) is 0 Å². The van der Waals surface area contributed by atoms with E-state index in [1.165, 1.54) is 18.4 Å². The summed E-state index contributed by atoms with van der Waals surface area (Å²) in [5.74, 6) is 0.901. The molecule has 1 aromatic heterocycles. The number of rotatable bonds is 8. The summed E-state index contributed by atoms with van der Waals surface area (Å²) in [5, 5.41) is 4.22. The van der Waals surface area contributed by atoms with Gasteiger partial charge in [-0.2, -0.15) is 0 Å². The molecular formula is C34H36N2O2. The Morgan fingerprint density at radius 2 is 1.61 bits per heavy atom. The summed E-state index contributed by atoms with van der Waals surface area (Å²) in [5.41, 5.74) is 6.55. The van der Waals surface area contributed by atoms with Gasteiger partial charge in [0, 0.05) is 35.2 Å². The third kappa shape index (κ3) is 5.85. The highest BCUT2D eigenvalue weighted by atomic mass is 16.1. The van der Waals surface area contributed by atoms with Crippen molar-refractivity contribution in [1.29, 1.82) is 0 Å². The summed E-state index contributed by atoms with van der Waals surface area (Å²) in [4.78, 5) is 30.5. The van der Waals surface area contributed by atoms with Gasteiger partial charge in [-0.1, -0.05) is 62.4 Å². The average molecular weight is 505 g/mol. The third-order valence-corrected chi connectivity index (χ3v) is 7.81. The topological polar surface area (TPSA) is 59.1 Å². The molecule has 1 amide bonds.